The number of fused-ring (bicyclic) bond motifs is 1. The molecule has 0 bridgehead atoms. The van der Waals surface area contributed by atoms with E-state index >= 15 is 0 Å². The largest absolute Gasteiger partial charge is 0.352 e. The van der Waals surface area contributed by atoms with E-state index in [0.29, 0.717) is 12.0 Å². The van der Waals surface area contributed by atoms with Gasteiger partial charge in [-0.25, -0.2) is 5.84 Å². The molecule has 4 heteroatoms. The lowest BCUT2D eigenvalue weighted by molar-refractivity contribution is 0.626. The number of hydrogen-bond donors (Lipinski definition) is 3. The molecule has 0 aromatic heterocycles. The van der Waals surface area contributed by atoms with Gasteiger partial charge in [-0.15, -0.1) is 0 Å². The van der Waals surface area contributed by atoms with E-state index < -0.39 is 0 Å². The van der Waals surface area contributed by atoms with Gasteiger partial charge < -0.3 is 5.32 Å². The van der Waals surface area contributed by atoms with Gasteiger partial charge in [0.2, 0.25) is 5.96 Å². The Morgan fingerprint density at radius 1 is 1.35 bits per heavy atom. The Hall–Kier alpha value is -1.55. The SMILES string of the molecule is CCCN=C(NN)NC1Cc2ccccc2C1. The van der Waals surface area contributed by atoms with Crippen molar-refractivity contribution in [2.75, 3.05) is 6.54 Å². The van der Waals surface area contributed by atoms with Crippen LogP contribution in [0.15, 0.2) is 29.3 Å². The molecule has 1 aromatic carbocycles. The number of hydrazine groups is 1. The lowest BCUT2D eigenvalue weighted by Gasteiger charge is -2.15. The Bertz CT molecular complexity index is 375. The van der Waals surface area contributed by atoms with Crippen LogP contribution in [-0.4, -0.2) is 18.5 Å². The molecule has 4 N–H and O–H groups in total. The molecule has 0 spiro atoms. The van der Waals surface area contributed by atoms with Crippen molar-refractivity contribution in [3.63, 3.8) is 0 Å². The molecule has 17 heavy (non-hydrogen) atoms. The van der Waals surface area contributed by atoms with E-state index in [-0.39, 0.29) is 0 Å². The van der Waals surface area contributed by atoms with E-state index in [1.54, 1.807) is 0 Å². The van der Waals surface area contributed by atoms with Gasteiger partial charge in [0, 0.05) is 12.6 Å². The van der Waals surface area contributed by atoms with Gasteiger partial charge >= 0.3 is 0 Å². The number of guanidine groups is 1. The first-order chi connectivity index (χ1) is 8.33. The second kappa shape index (κ2) is 5.68. The van der Waals surface area contributed by atoms with E-state index in [0.717, 1.165) is 25.8 Å². The molecule has 1 aromatic rings. The second-order valence-corrected chi connectivity index (χ2v) is 4.39. The average molecular weight is 232 g/mol. The van der Waals surface area contributed by atoms with Crippen LogP contribution >= 0.6 is 0 Å². The highest BCUT2D eigenvalue weighted by atomic mass is 15.3. The maximum atomic E-state index is 5.45. The van der Waals surface area contributed by atoms with Gasteiger partial charge in [-0.2, -0.15) is 0 Å². The second-order valence-electron chi connectivity index (χ2n) is 4.39. The van der Waals surface area contributed by atoms with Gasteiger partial charge in [-0.1, -0.05) is 31.2 Å². The van der Waals surface area contributed by atoms with E-state index in [1.165, 1.54) is 11.1 Å². The van der Waals surface area contributed by atoms with Crippen LogP contribution in [0.2, 0.25) is 0 Å². The molecule has 92 valence electrons. The quantitative estimate of drug-likeness (QED) is 0.315. The number of nitrogens with one attached hydrogen (secondary N) is 2. The predicted molar refractivity (Wildman–Crippen MR) is 70.7 cm³/mol. The molecule has 0 fully saturated rings. The first-order valence-electron chi connectivity index (χ1n) is 6.18. The fourth-order valence-corrected chi connectivity index (χ4v) is 2.21. The summed E-state index contributed by atoms with van der Waals surface area (Å²) in [5.41, 5.74) is 5.48. The summed E-state index contributed by atoms with van der Waals surface area (Å²) >= 11 is 0. The standard InChI is InChI=1S/C13H20N4/c1-2-7-15-13(17-14)16-12-8-10-5-3-4-6-11(10)9-12/h3-6,12H,2,7-9,14H2,1H3,(H2,15,16,17). The highest BCUT2D eigenvalue weighted by Crippen LogP contribution is 2.21. The fourth-order valence-electron chi connectivity index (χ4n) is 2.21. The van der Waals surface area contributed by atoms with Gasteiger partial charge in [-0.05, 0) is 30.4 Å². The highest BCUT2D eigenvalue weighted by molar-refractivity contribution is 5.79. The van der Waals surface area contributed by atoms with Gasteiger partial charge in [0.1, 0.15) is 0 Å². The average Bonchev–Trinajstić information content (AvgIpc) is 2.76. The van der Waals surface area contributed by atoms with Crippen molar-refractivity contribution in [1.29, 1.82) is 0 Å². The van der Waals surface area contributed by atoms with Gasteiger partial charge in [-0.3, -0.25) is 10.4 Å². The zero-order valence-electron chi connectivity index (χ0n) is 10.2. The van der Waals surface area contributed by atoms with Gasteiger partial charge in [0.05, 0.1) is 0 Å². The number of benzene rings is 1. The summed E-state index contributed by atoms with van der Waals surface area (Å²) in [6.07, 6.45) is 3.11. The number of nitrogens with two attached hydrogens (primary N) is 1. The van der Waals surface area contributed by atoms with Crippen LogP contribution in [0.5, 0.6) is 0 Å². The molecule has 0 heterocycles. The summed E-state index contributed by atoms with van der Waals surface area (Å²) in [5.74, 6) is 6.15. The van der Waals surface area contributed by atoms with Crippen molar-refractivity contribution in [2.24, 2.45) is 10.8 Å². The molecule has 1 aliphatic rings. The minimum absolute atomic E-state index is 0.402. The molecule has 1 aliphatic carbocycles. The van der Waals surface area contributed by atoms with E-state index in [1.807, 2.05) is 0 Å². The van der Waals surface area contributed by atoms with Gasteiger partial charge in [0.15, 0.2) is 0 Å². The lowest BCUT2D eigenvalue weighted by atomic mass is 10.1. The van der Waals surface area contributed by atoms with Crippen molar-refractivity contribution in [2.45, 2.75) is 32.2 Å². The zero-order valence-corrected chi connectivity index (χ0v) is 10.2. The molecular weight excluding hydrogens is 212 g/mol. The normalized spacial score (nSPS) is 15.8. The van der Waals surface area contributed by atoms with Crippen molar-refractivity contribution in [3.05, 3.63) is 35.4 Å². The third-order valence-corrected chi connectivity index (χ3v) is 3.02. The monoisotopic (exact) mass is 232 g/mol. The molecule has 0 aliphatic heterocycles. The van der Waals surface area contributed by atoms with E-state index in [4.69, 9.17) is 5.84 Å². The fraction of sp³-hybridized carbons (Fsp3) is 0.462. The van der Waals surface area contributed by atoms with Crippen LogP contribution in [0.25, 0.3) is 0 Å². The summed E-state index contributed by atoms with van der Waals surface area (Å²) in [6.45, 7) is 2.90. The lowest BCUT2D eigenvalue weighted by Crippen LogP contribution is -2.46. The van der Waals surface area contributed by atoms with Crippen LogP contribution in [0.4, 0.5) is 0 Å². The van der Waals surface area contributed by atoms with Crippen LogP contribution in [-0.2, 0) is 12.8 Å². The Morgan fingerprint density at radius 3 is 2.53 bits per heavy atom. The Morgan fingerprint density at radius 2 is 2.00 bits per heavy atom. The summed E-state index contributed by atoms with van der Waals surface area (Å²) in [6, 6.07) is 8.97. The molecule has 2 rings (SSSR count). The molecule has 0 atom stereocenters. The van der Waals surface area contributed by atoms with Crippen molar-refractivity contribution < 1.29 is 0 Å². The summed E-state index contributed by atoms with van der Waals surface area (Å²) < 4.78 is 0. The number of rotatable bonds is 3. The molecule has 0 radical (unpaired) electrons. The summed E-state index contributed by atoms with van der Waals surface area (Å²) in [7, 11) is 0. The highest BCUT2D eigenvalue weighted by Gasteiger charge is 2.21. The van der Waals surface area contributed by atoms with Crippen molar-refractivity contribution in [1.82, 2.24) is 10.7 Å². The van der Waals surface area contributed by atoms with Crippen molar-refractivity contribution >= 4 is 5.96 Å². The smallest absolute Gasteiger partial charge is 0.205 e. The summed E-state index contributed by atoms with van der Waals surface area (Å²) in [5, 5.41) is 3.36. The first-order valence-corrected chi connectivity index (χ1v) is 6.18. The third-order valence-electron chi connectivity index (χ3n) is 3.02. The topological polar surface area (TPSA) is 62.4 Å². The Labute approximate surface area is 102 Å². The zero-order chi connectivity index (χ0) is 12.1. The Balaban J connectivity index is 1.94. The molecule has 0 amide bonds. The predicted octanol–water partition coefficient (Wildman–Crippen LogP) is 0.973. The molecular formula is C13H20N4. The number of aliphatic imine (C=N–C) groups is 1. The molecule has 0 saturated carbocycles. The maximum absolute atomic E-state index is 5.45. The van der Waals surface area contributed by atoms with E-state index in [2.05, 4.69) is 46.9 Å². The molecule has 0 unspecified atom stereocenters. The van der Waals surface area contributed by atoms with Crippen LogP contribution in [0.1, 0.15) is 24.5 Å². The number of hydrogen-bond acceptors (Lipinski definition) is 2. The van der Waals surface area contributed by atoms with Gasteiger partial charge in [0.25, 0.3) is 0 Å². The Kier molecular flexibility index (Phi) is 3.98. The van der Waals surface area contributed by atoms with Crippen LogP contribution < -0.4 is 16.6 Å². The van der Waals surface area contributed by atoms with Crippen LogP contribution in [0, 0.1) is 0 Å². The minimum atomic E-state index is 0.402. The summed E-state index contributed by atoms with van der Waals surface area (Å²) in [4.78, 5) is 4.36. The third kappa shape index (κ3) is 2.97. The maximum Gasteiger partial charge on any atom is 0.205 e. The first kappa shape index (κ1) is 11.9. The molecule has 0 saturated heterocycles. The van der Waals surface area contributed by atoms with Crippen molar-refractivity contribution in [3.8, 4) is 0 Å². The number of nitrogens with zero attached hydrogens (tertiary/aromatic N) is 1. The molecule has 4 nitrogen and oxygen atoms in total. The minimum Gasteiger partial charge on any atom is -0.352 e. The van der Waals surface area contributed by atoms with Crippen LogP contribution in [0.3, 0.4) is 0 Å². The van der Waals surface area contributed by atoms with E-state index in [9.17, 15) is 0 Å².